The van der Waals surface area contributed by atoms with Crippen molar-refractivity contribution in [1.29, 1.82) is 0 Å². The normalized spacial score (nSPS) is 17.3. The molecule has 6 aromatic rings. The van der Waals surface area contributed by atoms with Crippen molar-refractivity contribution in [2.24, 2.45) is 5.41 Å². The van der Waals surface area contributed by atoms with Crippen molar-refractivity contribution in [3.63, 3.8) is 0 Å². The summed E-state index contributed by atoms with van der Waals surface area (Å²) in [7, 11) is 0. The predicted molar refractivity (Wildman–Crippen MR) is 153 cm³/mol. The van der Waals surface area contributed by atoms with Gasteiger partial charge in [-0.25, -0.2) is 0 Å². The topological polar surface area (TPSA) is 38.9 Å². The van der Waals surface area contributed by atoms with Gasteiger partial charge >= 0.3 is 0 Å². The molecule has 0 amide bonds. The number of pyridine rings is 2. The quantitative estimate of drug-likeness (QED) is 0.251. The summed E-state index contributed by atoms with van der Waals surface area (Å²) in [5, 5.41) is 4.64. The molecule has 1 saturated carbocycles. The number of benzene rings is 3. The van der Waals surface area contributed by atoms with Crippen LogP contribution < -0.4 is 0 Å². The number of hydrogen-bond donors (Lipinski definition) is 0. The summed E-state index contributed by atoms with van der Waals surface area (Å²) >= 11 is 0. The van der Waals surface area contributed by atoms with Gasteiger partial charge in [0.2, 0.25) is 0 Å². The molecule has 0 N–H and O–H groups in total. The molecule has 1 aliphatic rings. The van der Waals surface area contributed by atoms with E-state index in [2.05, 4.69) is 86.6 Å². The van der Waals surface area contributed by atoms with Gasteiger partial charge in [0.25, 0.3) is 0 Å². The largest absolute Gasteiger partial charge is 0.455 e. The van der Waals surface area contributed by atoms with E-state index < -0.39 is 5.89 Å². The van der Waals surface area contributed by atoms with Crippen LogP contribution in [0.1, 0.15) is 52.4 Å². The summed E-state index contributed by atoms with van der Waals surface area (Å²) in [5.41, 5.74) is 6.80. The maximum absolute atomic E-state index is 9.07. The van der Waals surface area contributed by atoms with Crippen LogP contribution in [0.4, 0.5) is 0 Å². The van der Waals surface area contributed by atoms with Gasteiger partial charge in [0.05, 0.1) is 11.4 Å². The van der Waals surface area contributed by atoms with Gasteiger partial charge in [-0.1, -0.05) is 62.4 Å². The van der Waals surface area contributed by atoms with Gasteiger partial charge in [0.15, 0.2) is 0 Å². The summed E-state index contributed by atoms with van der Waals surface area (Å²) in [6.45, 7) is 4.62. The Kier molecular flexibility index (Phi) is 4.89. The van der Waals surface area contributed by atoms with Crippen LogP contribution in [0.5, 0.6) is 0 Å². The minimum absolute atomic E-state index is 0.334. The third kappa shape index (κ3) is 3.90. The lowest BCUT2D eigenvalue weighted by molar-refractivity contribution is 0.224. The Hall–Kier alpha value is -3.98. The van der Waals surface area contributed by atoms with E-state index in [0.717, 1.165) is 75.7 Å². The highest BCUT2D eigenvalue weighted by Gasteiger charge is 2.27. The molecule has 0 radical (unpaired) electrons. The molecule has 0 unspecified atom stereocenters. The Morgan fingerprint density at radius 1 is 0.838 bits per heavy atom. The van der Waals surface area contributed by atoms with Gasteiger partial charge < -0.3 is 4.42 Å². The van der Waals surface area contributed by atoms with Crippen LogP contribution in [0, 0.1) is 5.41 Å². The molecule has 3 aromatic heterocycles. The van der Waals surface area contributed by atoms with Gasteiger partial charge in [-0.05, 0) is 83.7 Å². The Morgan fingerprint density at radius 2 is 1.68 bits per heavy atom. The lowest BCUT2D eigenvalue weighted by atomic mass is 9.71. The van der Waals surface area contributed by atoms with Crippen LogP contribution in [-0.2, 0) is 0 Å². The second-order valence-corrected chi connectivity index (χ2v) is 11.1. The lowest BCUT2D eigenvalue weighted by Gasteiger charge is -2.34. The fourth-order valence-corrected chi connectivity index (χ4v) is 5.80. The molecule has 3 heterocycles. The van der Waals surface area contributed by atoms with Gasteiger partial charge in [-0.2, -0.15) is 0 Å². The van der Waals surface area contributed by atoms with E-state index >= 15 is 0 Å². The number of para-hydroxylation sites is 1. The fourth-order valence-electron chi connectivity index (χ4n) is 5.80. The first kappa shape index (κ1) is 21.1. The van der Waals surface area contributed by atoms with Crippen molar-refractivity contribution in [2.45, 2.75) is 45.4 Å². The highest BCUT2D eigenvalue weighted by molar-refractivity contribution is 6.20. The van der Waals surface area contributed by atoms with E-state index in [0.29, 0.717) is 5.41 Å². The predicted octanol–water partition coefficient (Wildman–Crippen LogP) is 9.55. The van der Waals surface area contributed by atoms with E-state index in [9.17, 15) is 0 Å². The molecule has 1 fully saturated rings. The highest BCUT2D eigenvalue weighted by Crippen LogP contribution is 2.43. The van der Waals surface area contributed by atoms with Crippen LogP contribution in [-0.4, -0.2) is 9.97 Å². The summed E-state index contributed by atoms with van der Waals surface area (Å²) in [4.78, 5) is 9.52. The molecule has 0 atom stereocenters. The molecule has 182 valence electrons. The number of nitrogens with zero attached hydrogens (tertiary/aromatic N) is 2. The van der Waals surface area contributed by atoms with Gasteiger partial charge in [0, 0.05) is 35.7 Å². The van der Waals surface area contributed by atoms with Gasteiger partial charge in [-0.3, -0.25) is 9.97 Å². The monoisotopic (exact) mass is 483 g/mol. The van der Waals surface area contributed by atoms with Crippen LogP contribution in [0.2, 0.25) is 0 Å². The first-order chi connectivity index (χ1) is 18.4. The molecule has 1 aliphatic carbocycles. The number of rotatable bonds is 3. The molecular formula is C34H30N2O. The molecule has 0 bridgehead atoms. The molecule has 7 rings (SSSR count). The molecule has 0 saturated heterocycles. The van der Waals surface area contributed by atoms with Crippen LogP contribution in [0.3, 0.4) is 0 Å². The molecule has 0 spiro atoms. The first-order valence-electron chi connectivity index (χ1n) is 13.7. The third-order valence-electron chi connectivity index (χ3n) is 8.10. The van der Waals surface area contributed by atoms with E-state index in [1.54, 1.807) is 0 Å². The van der Waals surface area contributed by atoms with E-state index in [4.69, 9.17) is 15.8 Å². The number of furan rings is 1. The lowest BCUT2D eigenvalue weighted by Crippen LogP contribution is -2.20. The Bertz CT molecular complexity index is 1810. The maximum Gasteiger partial charge on any atom is 0.144 e. The van der Waals surface area contributed by atoms with Crippen molar-refractivity contribution in [3.8, 4) is 22.5 Å². The minimum atomic E-state index is -0.536. The maximum atomic E-state index is 9.07. The van der Waals surface area contributed by atoms with Gasteiger partial charge in [0.1, 0.15) is 11.2 Å². The third-order valence-corrected chi connectivity index (χ3v) is 8.10. The average molecular weight is 484 g/mol. The SMILES string of the molecule is [2H]C1(c2ccc(-c3ccnc(-c4cccc5c4oc4ccc6ccccc6c45)c3)nc2)CCC(C)(C)CC1. The van der Waals surface area contributed by atoms with Crippen LogP contribution in [0.25, 0.3) is 55.2 Å². The van der Waals surface area contributed by atoms with Crippen LogP contribution >= 0.6 is 0 Å². The summed E-state index contributed by atoms with van der Waals surface area (Å²) in [6, 6.07) is 27.1. The fraction of sp³-hybridized carbons (Fsp3) is 0.235. The number of fused-ring (bicyclic) bond motifs is 5. The smallest absolute Gasteiger partial charge is 0.144 e. The minimum Gasteiger partial charge on any atom is -0.455 e. The van der Waals surface area contributed by atoms with E-state index in [-0.39, 0.29) is 0 Å². The molecule has 0 aliphatic heterocycles. The molecule has 37 heavy (non-hydrogen) atoms. The van der Waals surface area contributed by atoms with Crippen molar-refractivity contribution < 1.29 is 5.79 Å². The second kappa shape index (κ2) is 8.55. The zero-order chi connectivity index (χ0) is 25.9. The Morgan fingerprint density at radius 3 is 2.51 bits per heavy atom. The van der Waals surface area contributed by atoms with Crippen molar-refractivity contribution in [1.82, 2.24) is 9.97 Å². The average Bonchev–Trinajstić information content (AvgIpc) is 3.34. The zero-order valence-corrected chi connectivity index (χ0v) is 21.3. The summed E-state index contributed by atoms with van der Waals surface area (Å²) in [6.07, 6.45) is 7.68. The number of hydrogen-bond acceptors (Lipinski definition) is 3. The Balaban J connectivity index is 1.27. The van der Waals surface area contributed by atoms with Crippen molar-refractivity contribution in [2.75, 3.05) is 0 Å². The molecular weight excluding hydrogens is 452 g/mol. The van der Waals surface area contributed by atoms with Gasteiger partial charge in [-0.15, -0.1) is 0 Å². The zero-order valence-electron chi connectivity index (χ0n) is 22.3. The highest BCUT2D eigenvalue weighted by atomic mass is 16.3. The molecule has 3 aromatic carbocycles. The molecule has 3 nitrogen and oxygen atoms in total. The summed E-state index contributed by atoms with van der Waals surface area (Å²) < 4.78 is 15.5. The first-order valence-corrected chi connectivity index (χ1v) is 13.2. The van der Waals surface area contributed by atoms with Crippen molar-refractivity contribution >= 4 is 32.7 Å². The standard InChI is InChI=1S/C34H30N2O/c1-34(2)17-14-22(15-18-34)25-10-12-29(36-21-25)24-16-19-35-30(20-24)27-8-5-9-28-32-26-7-4-3-6-23(26)11-13-31(32)37-33(27)28/h3-13,16,19-22H,14-15,17-18H2,1-2H3/i22D. The molecule has 3 heteroatoms. The number of aromatic nitrogens is 2. The van der Waals surface area contributed by atoms with E-state index in [1.807, 2.05) is 18.5 Å². The Labute approximate surface area is 218 Å². The van der Waals surface area contributed by atoms with Crippen LogP contribution in [0.15, 0.2) is 95.7 Å². The second-order valence-electron chi connectivity index (χ2n) is 11.1. The summed E-state index contributed by atoms with van der Waals surface area (Å²) in [5.74, 6) is -0.536. The van der Waals surface area contributed by atoms with E-state index in [1.165, 1.54) is 10.8 Å². The van der Waals surface area contributed by atoms with Crippen molar-refractivity contribution in [3.05, 3.63) is 96.8 Å².